The van der Waals surface area contributed by atoms with Gasteiger partial charge in [-0.1, -0.05) is 51.2 Å². The Morgan fingerprint density at radius 2 is 1.46 bits per heavy atom. The molecule has 0 radical (unpaired) electrons. The molecule has 0 unspecified atom stereocenters. The van der Waals surface area contributed by atoms with Crippen LogP contribution in [0.1, 0.15) is 81.5 Å². The second-order valence-electron chi connectivity index (χ2n) is 10.8. The highest BCUT2D eigenvalue weighted by molar-refractivity contribution is 6.02. The third-order valence-corrected chi connectivity index (χ3v) is 7.96. The predicted octanol–water partition coefficient (Wildman–Crippen LogP) is 6.34. The number of piperazine rings is 1. The highest BCUT2D eigenvalue weighted by Crippen LogP contribution is 2.32. The lowest BCUT2D eigenvalue weighted by atomic mass is 10.0. The molecule has 2 saturated heterocycles. The number of carbonyl (C=O) groups excluding carboxylic acids is 2. The molecule has 2 aliphatic rings. The summed E-state index contributed by atoms with van der Waals surface area (Å²) in [6, 6.07) is 14.0. The molecule has 7 heteroatoms. The molecule has 2 amide bonds. The Hall–Kier alpha value is -3.22. The fourth-order valence-electron chi connectivity index (χ4n) is 5.70. The van der Waals surface area contributed by atoms with Gasteiger partial charge in [-0.25, -0.2) is 0 Å². The van der Waals surface area contributed by atoms with E-state index in [1.807, 2.05) is 41.3 Å². The summed E-state index contributed by atoms with van der Waals surface area (Å²) in [6.07, 6.45) is 10.7. The number of rotatable bonds is 12. The van der Waals surface area contributed by atoms with Crippen LogP contribution in [-0.2, 0) is 4.79 Å². The second kappa shape index (κ2) is 14.8. The molecule has 0 spiro atoms. The number of benzene rings is 2. The van der Waals surface area contributed by atoms with E-state index >= 15 is 0 Å². The van der Waals surface area contributed by atoms with Crippen LogP contribution in [0.3, 0.4) is 0 Å². The molecule has 7 nitrogen and oxygen atoms in total. The molecule has 2 heterocycles. The van der Waals surface area contributed by atoms with Crippen molar-refractivity contribution in [1.82, 2.24) is 4.90 Å². The van der Waals surface area contributed by atoms with Crippen LogP contribution in [0.4, 0.5) is 17.1 Å². The van der Waals surface area contributed by atoms with Crippen molar-refractivity contribution in [2.75, 3.05) is 61.5 Å². The number of nitrogens with zero attached hydrogens (tertiary/aromatic N) is 3. The SMILES string of the molecule is CCCCCCCCC(=O)Nc1ccc(N2CCN(c3ccccc3OC)CC2)c(C(=O)N2CCCCC2)c1. The Bertz CT molecular complexity index is 1070. The number of hydrogen-bond donors (Lipinski definition) is 1. The molecule has 0 atom stereocenters. The van der Waals surface area contributed by atoms with Gasteiger partial charge in [0.15, 0.2) is 0 Å². The number of anilines is 3. The van der Waals surface area contributed by atoms with E-state index in [2.05, 4.69) is 28.1 Å². The number of nitrogens with one attached hydrogen (secondary N) is 1. The largest absolute Gasteiger partial charge is 0.495 e. The number of likely N-dealkylation sites (tertiary alicyclic amines) is 1. The van der Waals surface area contributed by atoms with Gasteiger partial charge in [-0.05, 0) is 56.0 Å². The highest BCUT2D eigenvalue weighted by Gasteiger charge is 2.26. The van der Waals surface area contributed by atoms with Gasteiger partial charge in [-0.3, -0.25) is 9.59 Å². The Balaban J connectivity index is 1.44. The van der Waals surface area contributed by atoms with Crippen LogP contribution < -0.4 is 19.9 Å². The van der Waals surface area contributed by atoms with Gasteiger partial charge in [0, 0.05) is 57.1 Å². The van der Waals surface area contributed by atoms with Gasteiger partial charge < -0.3 is 24.8 Å². The van der Waals surface area contributed by atoms with E-state index in [1.54, 1.807) is 7.11 Å². The van der Waals surface area contributed by atoms with Gasteiger partial charge in [-0.2, -0.15) is 0 Å². The van der Waals surface area contributed by atoms with Crippen molar-refractivity contribution < 1.29 is 14.3 Å². The zero-order valence-corrected chi connectivity index (χ0v) is 23.9. The van der Waals surface area contributed by atoms with Crippen molar-refractivity contribution in [2.24, 2.45) is 0 Å². The molecule has 0 saturated carbocycles. The number of carbonyl (C=O) groups is 2. The van der Waals surface area contributed by atoms with Crippen LogP contribution in [0.2, 0.25) is 0 Å². The normalized spacial score (nSPS) is 15.8. The Morgan fingerprint density at radius 1 is 0.795 bits per heavy atom. The van der Waals surface area contributed by atoms with E-state index in [1.165, 1.54) is 32.1 Å². The predicted molar refractivity (Wildman–Crippen MR) is 160 cm³/mol. The number of ether oxygens (including phenoxy) is 1. The first-order valence-electron chi connectivity index (χ1n) is 15.0. The van der Waals surface area contributed by atoms with Gasteiger partial charge in [0.25, 0.3) is 5.91 Å². The summed E-state index contributed by atoms with van der Waals surface area (Å²) >= 11 is 0. The van der Waals surface area contributed by atoms with Crippen molar-refractivity contribution in [1.29, 1.82) is 0 Å². The molecule has 39 heavy (non-hydrogen) atoms. The van der Waals surface area contributed by atoms with Crippen LogP contribution in [0.15, 0.2) is 42.5 Å². The monoisotopic (exact) mass is 534 g/mol. The van der Waals surface area contributed by atoms with Crippen molar-refractivity contribution in [2.45, 2.75) is 71.1 Å². The Kier molecular flexibility index (Phi) is 10.9. The molecule has 2 aromatic rings. The minimum atomic E-state index is 0.0278. The van der Waals surface area contributed by atoms with Crippen LogP contribution in [-0.4, -0.2) is 63.1 Å². The van der Waals surface area contributed by atoms with Gasteiger partial charge in [0.2, 0.25) is 5.91 Å². The first kappa shape index (κ1) is 28.8. The Morgan fingerprint density at radius 3 is 2.18 bits per heavy atom. The Labute approximate surface area is 234 Å². The number of methoxy groups -OCH3 is 1. The topological polar surface area (TPSA) is 65.1 Å². The maximum absolute atomic E-state index is 13.7. The fraction of sp³-hybridized carbons (Fsp3) is 0.562. The quantitative estimate of drug-likeness (QED) is 0.322. The van der Waals surface area contributed by atoms with Crippen LogP contribution >= 0.6 is 0 Å². The fourth-order valence-corrected chi connectivity index (χ4v) is 5.70. The minimum absolute atomic E-state index is 0.0278. The number of hydrogen-bond acceptors (Lipinski definition) is 5. The maximum atomic E-state index is 13.7. The average molecular weight is 535 g/mol. The minimum Gasteiger partial charge on any atom is -0.495 e. The van der Waals surface area contributed by atoms with E-state index in [9.17, 15) is 9.59 Å². The lowest BCUT2D eigenvalue weighted by Gasteiger charge is -2.39. The van der Waals surface area contributed by atoms with Crippen molar-refractivity contribution in [3.8, 4) is 5.75 Å². The van der Waals surface area contributed by atoms with Gasteiger partial charge in [0.05, 0.1) is 18.4 Å². The first-order valence-corrected chi connectivity index (χ1v) is 15.0. The summed E-state index contributed by atoms with van der Waals surface area (Å²) in [7, 11) is 1.71. The van der Waals surface area contributed by atoms with Crippen LogP contribution in [0.25, 0.3) is 0 Å². The summed E-state index contributed by atoms with van der Waals surface area (Å²) in [5.41, 5.74) is 3.47. The summed E-state index contributed by atoms with van der Waals surface area (Å²) < 4.78 is 5.58. The third kappa shape index (κ3) is 7.90. The highest BCUT2D eigenvalue weighted by atomic mass is 16.5. The molecule has 0 bridgehead atoms. The van der Waals surface area contributed by atoms with Crippen molar-refractivity contribution in [3.63, 3.8) is 0 Å². The first-order chi connectivity index (χ1) is 19.1. The molecular weight excluding hydrogens is 488 g/mol. The molecule has 2 fully saturated rings. The second-order valence-corrected chi connectivity index (χ2v) is 10.8. The lowest BCUT2D eigenvalue weighted by Crippen LogP contribution is -2.47. The standard InChI is InChI=1S/C32H46N4O3/c1-3-4-5-6-7-9-16-31(37)33-26-17-18-28(27(25-26)32(38)36-19-12-8-13-20-36)34-21-23-35(24-22-34)29-14-10-11-15-30(29)39-2/h10-11,14-15,17-18,25H,3-9,12-13,16,19-24H2,1-2H3,(H,33,37). The van der Waals surface area contributed by atoms with Crippen molar-refractivity contribution >= 4 is 28.9 Å². The lowest BCUT2D eigenvalue weighted by molar-refractivity contribution is -0.116. The molecule has 2 aromatic carbocycles. The summed E-state index contributed by atoms with van der Waals surface area (Å²) in [5.74, 6) is 0.983. The average Bonchev–Trinajstić information content (AvgIpc) is 2.99. The summed E-state index contributed by atoms with van der Waals surface area (Å²) in [5, 5.41) is 3.06. The zero-order valence-electron chi connectivity index (χ0n) is 23.9. The smallest absolute Gasteiger partial charge is 0.256 e. The number of piperidine rings is 1. The molecule has 2 aliphatic heterocycles. The van der Waals surface area contributed by atoms with Gasteiger partial charge in [-0.15, -0.1) is 0 Å². The van der Waals surface area contributed by atoms with E-state index in [4.69, 9.17) is 4.74 Å². The number of amides is 2. The molecular formula is C32H46N4O3. The van der Waals surface area contributed by atoms with Crippen LogP contribution in [0.5, 0.6) is 5.75 Å². The van der Waals surface area contributed by atoms with E-state index < -0.39 is 0 Å². The summed E-state index contributed by atoms with van der Waals surface area (Å²) in [6.45, 7) is 7.11. The van der Waals surface area contributed by atoms with Crippen molar-refractivity contribution in [3.05, 3.63) is 48.0 Å². The zero-order chi connectivity index (χ0) is 27.5. The van der Waals surface area contributed by atoms with Gasteiger partial charge >= 0.3 is 0 Å². The van der Waals surface area contributed by atoms with E-state index in [-0.39, 0.29) is 11.8 Å². The molecule has 4 rings (SSSR count). The van der Waals surface area contributed by atoms with E-state index in [0.717, 1.165) is 82.1 Å². The maximum Gasteiger partial charge on any atom is 0.256 e. The molecule has 1 N–H and O–H groups in total. The molecule has 0 aliphatic carbocycles. The number of para-hydroxylation sites is 2. The van der Waals surface area contributed by atoms with E-state index in [0.29, 0.717) is 17.7 Å². The van der Waals surface area contributed by atoms with Gasteiger partial charge in [0.1, 0.15) is 5.75 Å². The number of unbranched alkanes of at least 4 members (excludes halogenated alkanes) is 5. The summed E-state index contributed by atoms with van der Waals surface area (Å²) in [4.78, 5) is 33.0. The molecule has 0 aromatic heterocycles. The molecule has 212 valence electrons. The van der Waals surface area contributed by atoms with Crippen LogP contribution in [0, 0.1) is 0 Å². The third-order valence-electron chi connectivity index (χ3n) is 7.96.